The Kier molecular flexibility index (Phi) is 4.20. The van der Waals surface area contributed by atoms with E-state index >= 15 is 0 Å². The summed E-state index contributed by atoms with van der Waals surface area (Å²) in [6, 6.07) is 27.1. The molecule has 0 saturated carbocycles. The number of nitrogens with one attached hydrogen (secondary N) is 1. The lowest BCUT2D eigenvalue weighted by atomic mass is 10.1. The summed E-state index contributed by atoms with van der Waals surface area (Å²) >= 11 is 0. The van der Waals surface area contributed by atoms with Crippen molar-refractivity contribution in [3.8, 4) is 0 Å². The maximum absolute atomic E-state index is 13.1. The first-order valence-corrected chi connectivity index (χ1v) is 11.3. The average molecular weight is 451 g/mol. The number of fused-ring (bicyclic) bond motifs is 8. The Morgan fingerprint density at radius 1 is 0.600 bits per heavy atom. The van der Waals surface area contributed by atoms with Crippen molar-refractivity contribution in [3.63, 3.8) is 0 Å². The van der Waals surface area contributed by atoms with Gasteiger partial charge >= 0.3 is 0 Å². The first-order chi connectivity index (χ1) is 17.2. The fraction of sp³-hybridized carbons (Fsp3) is 0. The van der Waals surface area contributed by atoms with E-state index in [1.54, 1.807) is 24.5 Å². The van der Waals surface area contributed by atoms with Gasteiger partial charge in [-0.25, -0.2) is 9.97 Å². The molecule has 3 heterocycles. The van der Waals surface area contributed by atoms with E-state index in [0.29, 0.717) is 16.6 Å². The molecule has 4 aromatic carbocycles. The number of rotatable bonds is 2. The molecule has 6 nitrogen and oxygen atoms in total. The van der Waals surface area contributed by atoms with E-state index in [1.807, 2.05) is 72.8 Å². The number of amides is 1. The van der Waals surface area contributed by atoms with E-state index in [9.17, 15) is 4.79 Å². The summed E-state index contributed by atoms with van der Waals surface area (Å²) in [5.74, 6) is -0.196. The third kappa shape index (κ3) is 3.15. The highest BCUT2D eigenvalue weighted by molar-refractivity contribution is 6.21. The normalized spacial score (nSPS) is 11.5. The second-order valence-electron chi connectivity index (χ2n) is 8.44. The van der Waals surface area contributed by atoms with Crippen LogP contribution < -0.4 is 5.32 Å². The Labute approximate surface area is 199 Å². The van der Waals surface area contributed by atoms with Crippen molar-refractivity contribution in [2.45, 2.75) is 0 Å². The lowest BCUT2D eigenvalue weighted by molar-refractivity contribution is 0.102. The van der Waals surface area contributed by atoms with E-state index in [0.717, 1.165) is 49.3 Å². The van der Waals surface area contributed by atoms with Gasteiger partial charge in [0.05, 0.1) is 33.1 Å². The summed E-state index contributed by atoms with van der Waals surface area (Å²) in [5, 5.41) is 6.99. The molecule has 0 bridgehead atoms. The first-order valence-electron chi connectivity index (χ1n) is 11.3. The standard InChI is InChI=1S/C29H17N5O/c35-29(32-20-11-9-17-5-1-2-6-18(17)15-20)19-10-12-23-24(16-19)34-28-22-8-4-14-31-26(22)25-21(27(28)33-23)7-3-13-30-25/h1-16H,(H,32,35). The average Bonchev–Trinajstić information content (AvgIpc) is 2.92. The number of benzene rings is 4. The zero-order chi connectivity index (χ0) is 23.4. The van der Waals surface area contributed by atoms with E-state index < -0.39 is 0 Å². The zero-order valence-corrected chi connectivity index (χ0v) is 18.4. The van der Waals surface area contributed by atoms with Gasteiger partial charge < -0.3 is 5.32 Å². The lowest BCUT2D eigenvalue weighted by Crippen LogP contribution is -2.11. The fourth-order valence-corrected chi connectivity index (χ4v) is 4.61. The van der Waals surface area contributed by atoms with Gasteiger partial charge in [0.15, 0.2) is 0 Å². The Hall–Kier alpha value is -4.97. The number of hydrogen-bond donors (Lipinski definition) is 1. The topological polar surface area (TPSA) is 80.7 Å². The predicted molar refractivity (Wildman–Crippen MR) is 140 cm³/mol. The van der Waals surface area contributed by atoms with Crippen LogP contribution in [0.1, 0.15) is 10.4 Å². The first kappa shape index (κ1) is 19.5. The van der Waals surface area contributed by atoms with Crippen LogP contribution in [0.3, 0.4) is 0 Å². The molecule has 0 saturated heterocycles. The molecule has 1 N–H and O–H groups in total. The van der Waals surface area contributed by atoms with Crippen molar-refractivity contribution in [2.75, 3.05) is 5.32 Å². The molecular weight excluding hydrogens is 434 g/mol. The monoisotopic (exact) mass is 451 g/mol. The maximum atomic E-state index is 13.1. The van der Waals surface area contributed by atoms with Crippen LogP contribution in [0, 0.1) is 0 Å². The minimum atomic E-state index is -0.196. The van der Waals surface area contributed by atoms with Crippen molar-refractivity contribution >= 4 is 66.2 Å². The molecule has 6 heteroatoms. The second-order valence-corrected chi connectivity index (χ2v) is 8.44. The number of nitrogens with zero attached hydrogens (tertiary/aromatic N) is 4. The lowest BCUT2D eigenvalue weighted by Gasteiger charge is -2.10. The smallest absolute Gasteiger partial charge is 0.255 e. The highest BCUT2D eigenvalue weighted by Crippen LogP contribution is 2.32. The molecule has 1 amide bonds. The third-order valence-electron chi connectivity index (χ3n) is 6.28. The molecule has 3 aromatic heterocycles. The van der Waals surface area contributed by atoms with Gasteiger partial charge in [-0.2, -0.15) is 0 Å². The SMILES string of the molecule is O=C(Nc1ccc2ccccc2c1)c1ccc2nc3c4cccnc4c4ncccc4c3nc2c1. The van der Waals surface area contributed by atoms with Crippen molar-refractivity contribution in [3.05, 3.63) is 103 Å². The Balaban J connectivity index is 1.36. The van der Waals surface area contributed by atoms with Crippen molar-refractivity contribution in [2.24, 2.45) is 0 Å². The third-order valence-corrected chi connectivity index (χ3v) is 6.28. The van der Waals surface area contributed by atoms with Gasteiger partial charge in [0, 0.05) is 34.4 Å². The summed E-state index contributed by atoms with van der Waals surface area (Å²) < 4.78 is 0. The molecule has 7 aromatic rings. The number of carbonyl (C=O) groups is 1. The molecule has 0 spiro atoms. The summed E-state index contributed by atoms with van der Waals surface area (Å²) in [6.45, 7) is 0. The van der Waals surface area contributed by atoms with Crippen LogP contribution >= 0.6 is 0 Å². The molecule has 7 rings (SSSR count). The highest BCUT2D eigenvalue weighted by Gasteiger charge is 2.15. The number of carbonyl (C=O) groups excluding carboxylic acids is 1. The highest BCUT2D eigenvalue weighted by atomic mass is 16.1. The molecule has 0 atom stereocenters. The summed E-state index contributed by atoms with van der Waals surface area (Å²) in [6.07, 6.45) is 3.52. The molecule has 0 aliphatic rings. The van der Waals surface area contributed by atoms with Crippen molar-refractivity contribution in [1.29, 1.82) is 0 Å². The van der Waals surface area contributed by atoms with Gasteiger partial charge in [0.1, 0.15) is 0 Å². The van der Waals surface area contributed by atoms with Gasteiger partial charge in [-0.05, 0) is 65.4 Å². The summed E-state index contributed by atoms with van der Waals surface area (Å²) in [4.78, 5) is 32.0. The van der Waals surface area contributed by atoms with Crippen LogP contribution in [0.25, 0.3) is 54.6 Å². The van der Waals surface area contributed by atoms with E-state index in [-0.39, 0.29) is 5.91 Å². The van der Waals surface area contributed by atoms with Crippen LogP contribution in [0.15, 0.2) is 97.3 Å². The molecule has 35 heavy (non-hydrogen) atoms. The van der Waals surface area contributed by atoms with Gasteiger partial charge in [-0.3, -0.25) is 14.8 Å². The predicted octanol–water partition coefficient (Wildman–Crippen LogP) is 6.28. The van der Waals surface area contributed by atoms with Crippen LogP contribution in [0.5, 0.6) is 0 Å². The quantitative estimate of drug-likeness (QED) is 0.247. The molecule has 0 aliphatic carbocycles. The molecule has 0 aliphatic heterocycles. The minimum absolute atomic E-state index is 0.196. The van der Waals surface area contributed by atoms with Crippen LogP contribution in [-0.4, -0.2) is 25.8 Å². The van der Waals surface area contributed by atoms with Crippen LogP contribution in [0.4, 0.5) is 5.69 Å². The largest absolute Gasteiger partial charge is 0.322 e. The van der Waals surface area contributed by atoms with Gasteiger partial charge in [-0.1, -0.05) is 30.3 Å². The van der Waals surface area contributed by atoms with Crippen molar-refractivity contribution in [1.82, 2.24) is 19.9 Å². The molecule has 0 unspecified atom stereocenters. The van der Waals surface area contributed by atoms with E-state index in [1.165, 1.54) is 0 Å². The van der Waals surface area contributed by atoms with Gasteiger partial charge in [0.2, 0.25) is 0 Å². The second kappa shape index (κ2) is 7.53. The Bertz CT molecular complexity index is 1970. The molecule has 0 radical (unpaired) electrons. The van der Waals surface area contributed by atoms with Crippen LogP contribution in [-0.2, 0) is 0 Å². The number of pyridine rings is 2. The Morgan fingerprint density at radius 2 is 1.29 bits per heavy atom. The van der Waals surface area contributed by atoms with Crippen LogP contribution in [0.2, 0.25) is 0 Å². The number of hydrogen-bond acceptors (Lipinski definition) is 5. The van der Waals surface area contributed by atoms with E-state index in [4.69, 9.17) is 9.97 Å². The Morgan fingerprint density at radius 3 is 2.03 bits per heavy atom. The van der Waals surface area contributed by atoms with Crippen molar-refractivity contribution < 1.29 is 4.79 Å². The number of anilines is 1. The summed E-state index contributed by atoms with van der Waals surface area (Å²) in [5.41, 5.74) is 5.73. The number of aromatic nitrogens is 4. The van der Waals surface area contributed by atoms with E-state index in [2.05, 4.69) is 15.3 Å². The fourth-order valence-electron chi connectivity index (χ4n) is 4.61. The molecule has 164 valence electrons. The molecular formula is C29H17N5O. The van der Waals surface area contributed by atoms with Gasteiger partial charge in [0.25, 0.3) is 5.91 Å². The van der Waals surface area contributed by atoms with Gasteiger partial charge in [-0.15, -0.1) is 0 Å². The summed E-state index contributed by atoms with van der Waals surface area (Å²) in [7, 11) is 0. The zero-order valence-electron chi connectivity index (χ0n) is 18.4. The maximum Gasteiger partial charge on any atom is 0.255 e. The molecule has 0 fully saturated rings. The minimum Gasteiger partial charge on any atom is -0.322 e.